The second-order valence-corrected chi connectivity index (χ2v) is 6.95. The highest BCUT2D eigenvalue weighted by Gasteiger charge is 2.15. The zero-order chi connectivity index (χ0) is 19.4. The number of anilines is 1. The quantitative estimate of drug-likeness (QED) is 0.446. The number of carbonyl (C=O) groups is 2. The van der Waals surface area contributed by atoms with Crippen LogP contribution in [0.3, 0.4) is 0 Å². The number of hydrogen-bond acceptors (Lipinski definition) is 5. The third-order valence-corrected chi connectivity index (χ3v) is 4.86. The van der Waals surface area contributed by atoms with Crippen molar-refractivity contribution >= 4 is 51.1 Å². The first-order chi connectivity index (χ1) is 13.0. The van der Waals surface area contributed by atoms with Crippen LogP contribution in [-0.2, 0) is 9.53 Å². The Hall–Kier alpha value is -2.68. The molecule has 1 N–H and O–H groups in total. The summed E-state index contributed by atoms with van der Waals surface area (Å²) in [6, 6.07) is 14.5. The summed E-state index contributed by atoms with van der Waals surface area (Å²) in [5.74, 6) is -0.326. The van der Waals surface area contributed by atoms with Crippen molar-refractivity contribution in [2.75, 3.05) is 19.0 Å². The Balaban J connectivity index is 1.71. The molecule has 0 spiro atoms. The van der Waals surface area contributed by atoms with E-state index in [1.807, 2.05) is 30.3 Å². The molecule has 0 unspecified atom stereocenters. The van der Waals surface area contributed by atoms with Crippen molar-refractivity contribution in [2.45, 2.75) is 6.92 Å². The van der Waals surface area contributed by atoms with E-state index in [0.717, 1.165) is 14.5 Å². The van der Waals surface area contributed by atoms with Crippen LogP contribution in [0.15, 0.2) is 48.5 Å². The topological polar surface area (TPSA) is 77.5 Å². The first-order valence-electron chi connectivity index (χ1n) is 8.15. The molecule has 3 aromatic rings. The molecule has 1 heterocycles. The van der Waals surface area contributed by atoms with Gasteiger partial charge >= 0.3 is 5.97 Å². The number of methoxy groups -OCH3 is 1. The molecule has 0 aliphatic heterocycles. The maximum absolute atomic E-state index is 12.4. The van der Waals surface area contributed by atoms with Gasteiger partial charge in [-0.25, -0.2) is 4.79 Å². The minimum atomic E-state index is -0.595. The molecule has 2 aromatic carbocycles. The summed E-state index contributed by atoms with van der Waals surface area (Å²) in [4.78, 5) is 28.9. The number of nitrogens with one attached hydrogen (secondary N) is 1. The lowest BCUT2D eigenvalue weighted by Crippen LogP contribution is -2.21. The number of rotatable bonds is 5. The number of aryl methyl sites for hydroxylation is 1. The van der Waals surface area contributed by atoms with Crippen molar-refractivity contribution in [3.63, 3.8) is 0 Å². The minimum Gasteiger partial charge on any atom is -0.497 e. The van der Waals surface area contributed by atoms with Crippen LogP contribution in [0.5, 0.6) is 5.75 Å². The Morgan fingerprint density at radius 2 is 1.93 bits per heavy atom. The van der Waals surface area contributed by atoms with E-state index < -0.39 is 11.9 Å². The van der Waals surface area contributed by atoms with Crippen molar-refractivity contribution in [1.29, 1.82) is 0 Å². The first kappa shape index (κ1) is 19.1. The van der Waals surface area contributed by atoms with Crippen LogP contribution in [-0.4, -0.2) is 30.6 Å². The molecule has 0 aliphatic carbocycles. The molecule has 27 heavy (non-hydrogen) atoms. The summed E-state index contributed by atoms with van der Waals surface area (Å²) in [5.41, 5.74) is 2.28. The van der Waals surface area contributed by atoms with Crippen LogP contribution in [0, 0.1) is 10.5 Å². The molecular formula is C20H17IN2O4. The van der Waals surface area contributed by atoms with Crippen molar-refractivity contribution in [1.82, 2.24) is 4.98 Å². The second-order valence-electron chi connectivity index (χ2n) is 5.78. The zero-order valence-electron chi connectivity index (χ0n) is 14.8. The van der Waals surface area contributed by atoms with E-state index >= 15 is 0 Å². The number of amides is 1. The Morgan fingerprint density at radius 1 is 1.15 bits per heavy atom. The Kier molecular flexibility index (Phi) is 5.90. The SMILES string of the molecule is COc1ccc2nc(C)c(C(=O)OCC(=O)Nc3ccccc3I)cc2c1. The van der Waals surface area contributed by atoms with Gasteiger partial charge in [-0.2, -0.15) is 0 Å². The number of para-hydroxylation sites is 1. The summed E-state index contributed by atoms with van der Waals surface area (Å²) in [7, 11) is 1.57. The number of benzene rings is 2. The van der Waals surface area contributed by atoms with E-state index in [1.165, 1.54) is 0 Å². The van der Waals surface area contributed by atoms with Crippen LogP contribution in [0.25, 0.3) is 10.9 Å². The molecule has 138 valence electrons. The van der Waals surface area contributed by atoms with Crippen molar-refractivity contribution < 1.29 is 19.1 Å². The maximum Gasteiger partial charge on any atom is 0.340 e. The van der Waals surface area contributed by atoms with Crippen molar-refractivity contribution in [2.24, 2.45) is 0 Å². The number of aromatic nitrogens is 1. The fraction of sp³-hybridized carbons (Fsp3) is 0.150. The van der Waals surface area contributed by atoms with Crippen LogP contribution >= 0.6 is 22.6 Å². The van der Waals surface area contributed by atoms with Gasteiger partial charge in [0.25, 0.3) is 5.91 Å². The highest BCUT2D eigenvalue weighted by atomic mass is 127. The van der Waals surface area contributed by atoms with Crippen LogP contribution in [0.4, 0.5) is 5.69 Å². The van der Waals surface area contributed by atoms with Gasteiger partial charge in [0.1, 0.15) is 5.75 Å². The van der Waals surface area contributed by atoms with Crippen molar-refractivity contribution in [3.05, 3.63) is 63.4 Å². The summed E-state index contributed by atoms with van der Waals surface area (Å²) in [6.45, 7) is 1.35. The van der Waals surface area contributed by atoms with E-state index in [2.05, 4.69) is 32.9 Å². The first-order valence-corrected chi connectivity index (χ1v) is 9.22. The van der Waals surface area contributed by atoms with E-state index in [0.29, 0.717) is 22.7 Å². The number of fused-ring (bicyclic) bond motifs is 1. The highest BCUT2D eigenvalue weighted by Crippen LogP contribution is 2.22. The molecular weight excluding hydrogens is 459 g/mol. The van der Waals surface area contributed by atoms with Gasteiger partial charge in [0.2, 0.25) is 0 Å². The molecule has 7 heteroatoms. The van der Waals surface area contributed by atoms with E-state index in [-0.39, 0.29) is 6.61 Å². The predicted molar refractivity (Wildman–Crippen MR) is 111 cm³/mol. The van der Waals surface area contributed by atoms with Gasteiger partial charge in [-0.3, -0.25) is 9.78 Å². The summed E-state index contributed by atoms with van der Waals surface area (Å²) in [5, 5.41) is 3.48. The van der Waals surface area contributed by atoms with E-state index in [9.17, 15) is 9.59 Å². The lowest BCUT2D eigenvalue weighted by Gasteiger charge is -2.10. The monoisotopic (exact) mass is 476 g/mol. The highest BCUT2D eigenvalue weighted by molar-refractivity contribution is 14.1. The molecule has 0 saturated carbocycles. The molecule has 0 saturated heterocycles. The van der Waals surface area contributed by atoms with Gasteiger partial charge in [-0.15, -0.1) is 0 Å². The molecule has 0 aliphatic rings. The van der Waals surface area contributed by atoms with Crippen LogP contribution in [0.1, 0.15) is 16.1 Å². The standard InChI is InChI=1S/C20H17IN2O4/c1-12-15(10-13-9-14(26-2)7-8-17(13)22-12)20(25)27-11-19(24)23-18-6-4-3-5-16(18)21/h3-10H,11H2,1-2H3,(H,23,24). The van der Waals surface area contributed by atoms with Gasteiger partial charge in [0, 0.05) is 8.96 Å². The Bertz CT molecular complexity index is 1020. The predicted octanol–water partition coefficient (Wildman–Crippen LogP) is 3.95. The molecule has 3 rings (SSSR count). The second kappa shape index (κ2) is 8.34. The fourth-order valence-electron chi connectivity index (χ4n) is 2.54. The number of halogens is 1. The van der Waals surface area contributed by atoms with Gasteiger partial charge < -0.3 is 14.8 Å². The molecule has 6 nitrogen and oxygen atoms in total. The molecule has 1 amide bonds. The summed E-state index contributed by atoms with van der Waals surface area (Å²) in [6.07, 6.45) is 0. The largest absolute Gasteiger partial charge is 0.497 e. The van der Waals surface area contributed by atoms with Gasteiger partial charge in [0.05, 0.1) is 29.6 Å². The third kappa shape index (κ3) is 4.54. The fourth-order valence-corrected chi connectivity index (χ4v) is 3.06. The number of nitrogens with zero attached hydrogens (tertiary/aromatic N) is 1. The average Bonchev–Trinajstić information content (AvgIpc) is 2.67. The maximum atomic E-state index is 12.4. The van der Waals surface area contributed by atoms with Crippen molar-refractivity contribution in [3.8, 4) is 5.75 Å². The van der Waals surface area contributed by atoms with E-state index in [1.54, 1.807) is 32.2 Å². The van der Waals surface area contributed by atoms with Gasteiger partial charge in [-0.1, -0.05) is 12.1 Å². The lowest BCUT2D eigenvalue weighted by molar-refractivity contribution is -0.119. The summed E-state index contributed by atoms with van der Waals surface area (Å²) >= 11 is 2.12. The van der Waals surface area contributed by atoms with Crippen LogP contribution in [0.2, 0.25) is 0 Å². The molecule has 0 bridgehead atoms. The van der Waals surface area contributed by atoms with Gasteiger partial charge in [0.15, 0.2) is 6.61 Å². The Labute approximate surface area is 170 Å². The number of esters is 1. The number of carbonyl (C=O) groups excluding carboxylic acids is 2. The summed E-state index contributed by atoms with van der Waals surface area (Å²) < 4.78 is 11.3. The molecule has 0 fully saturated rings. The third-order valence-electron chi connectivity index (χ3n) is 3.91. The number of hydrogen-bond donors (Lipinski definition) is 1. The minimum absolute atomic E-state index is 0.317. The molecule has 0 radical (unpaired) electrons. The smallest absolute Gasteiger partial charge is 0.340 e. The molecule has 1 aromatic heterocycles. The normalized spacial score (nSPS) is 10.5. The Morgan fingerprint density at radius 3 is 2.67 bits per heavy atom. The molecule has 0 atom stereocenters. The van der Waals surface area contributed by atoms with Crippen LogP contribution < -0.4 is 10.1 Å². The van der Waals surface area contributed by atoms with Gasteiger partial charge in [-0.05, 0) is 65.9 Å². The van der Waals surface area contributed by atoms with E-state index in [4.69, 9.17) is 9.47 Å². The number of pyridine rings is 1. The zero-order valence-corrected chi connectivity index (χ0v) is 16.9. The average molecular weight is 476 g/mol. The number of ether oxygens (including phenoxy) is 2. The lowest BCUT2D eigenvalue weighted by atomic mass is 10.1.